The van der Waals surface area contributed by atoms with E-state index in [0.29, 0.717) is 0 Å². The lowest BCUT2D eigenvalue weighted by molar-refractivity contribution is 0.445. The number of hydrogen-bond acceptors (Lipinski definition) is 5. The van der Waals surface area contributed by atoms with Crippen molar-refractivity contribution in [3.05, 3.63) is 6.20 Å². The van der Waals surface area contributed by atoms with Gasteiger partial charge in [0, 0.05) is 6.26 Å². The van der Waals surface area contributed by atoms with Crippen LogP contribution in [0.2, 0.25) is 0 Å². The van der Waals surface area contributed by atoms with E-state index in [0.717, 1.165) is 12.5 Å². The zero-order valence-corrected chi connectivity index (χ0v) is 6.05. The maximum absolute atomic E-state index is 10.6. The quantitative estimate of drug-likeness (QED) is 0.610. The maximum atomic E-state index is 10.6. The second-order valence-electron chi connectivity index (χ2n) is 1.80. The normalized spacial score (nSPS) is 11.7. The van der Waals surface area contributed by atoms with Gasteiger partial charge in [0.05, 0.1) is 6.20 Å². The molecule has 0 radical (unpaired) electrons. The van der Waals surface area contributed by atoms with Gasteiger partial charge in [0.15, 0.2) is 0 Å². The summed E-state index contributed by atoms with van der Waals surface area (Å²) in [5.74, 6) is 0.000394. The monoisotopic (exact) mass is 162 g/mol. The van der Waals surface area contributed by atoms with E-state index in [1.165, 1.54) is 0 Å². The minimum atomic E-state index is -3.34. The van der Waals surface area contributed by atoms with Gasteiger partial charge in [-0.05, 0) is 0 Å². The molecule has 0 aliphatic heterocycles. The van der Waals surface area contributed by atoms with E-state index >= 15 is 0 Å². The minimum absolute atomic E-state index is 0.000394. The fourth-order valence-electron chi connectivity index (χ4n) is 0.441. The van der Waals surface area contributed by atoms with Gasteiger partial charge in [-0.15, -0.1) is 0 Å². The van der Waals surface area contributed by atoms with Crippen molar-refractivity contribution in [2.24, 2.45) is 0 Å². The summed E-state index contributed by atoms with van der Waals surface area (Å²) in [4.78, 5) is 3.41. The first-order valence-electron chi connectivity index (χ1n) is 2.41. The number of nitrogens with zero attached hydrogens (tertiary/aromatic N) is 1. The molecule has 1 aromatic heterocycles. The number of nitrogens with two attached hydrogens (primary N) is 1. The molecule has 0 saturated carbocycles. The molecule has 0 fully saturated rings. The van der Waals surface area contributed by atoms with Crippen molar-refractivity contribution in [2.75, 3.05) is 12.0 Å². The fourth-order valence-corrected chi connectivity index (χ4v) is 0.933. The lowest BCUT2D eigenvalue weighted by Gasteiger charge is -1.85. The van der Waals surface area contributed by atoms with Gasteiger partial charge >= 0.3 is 5.22 Å². The van der Waals surface area contributed by atoms with Gasteiger partial charge in [0.2, 0.25) is 15.7 Å². The molecule has 1 aromatic rings. The third kappa shape index (κ3) is 1.27. The Morgan fingerprint density at radius 3 is 2.50 bits per heavy atom. The topological polar surface area (TPSA) is 86.2 Å². The van der Waals surface area contributed by atoms with Crippen molar-refractivity contribution in [3.63, 3.8) is 0 Å². The molecule has 0 atom stereocenters. The van der Waals surface area contributed by atoms with Crippen molar-refractivity contribution in [2.45, 2.75) is 5.22 Å². The molecule has 56 valence electrons. The van der Waals surface area contributed by atoms with E-state index in [1.54, 1.807) is 0 Å². The molecule has 6 heteroatoms. The molecule has 2 N–H and O–H groups in total. The van der Waals surface area contributed by atoms with Crippen LogP contribution in [0.3, 0.4) is 0 Å². The van der Waals surface area contributed by atoms with Gasteiger partial charge in [-0.1, -0.05) is 0 Å². The summed E-state index contributed by atoms with van der Waals surface area (Å²) in [6.07, 6.45) is 2.15. The second-order valence-corrected chi connectivity index (χ2v) is 3.69. The summed E-state index contributed by atoms with van der Waals surface area (Å²) in [6, 6.07) is 0. The van der Waals surface area contributed by atoms with Crippen LogP contribution in [0, 0.1) is 0 Å². The van der Waals surface area contributed by atoms with Crippen molar-refractivity contribution in [1.82, 2.24) is 4.98 Å². The van der Waals surface area contributed by atoms with Gasteiger partial charge in [0.1, 0.15) is 0 Å². The van der Waals surface area contributed by atoms with Crippen molar-refractivity contribution >= 4 is 15.7 Å². The Kier molecular flexibility index (Phi) is 1.40. The largest absolute Gasteiger partial charge is 0.412 e. The number of rotatable bonds is 1. The van der Waals surface area contributed by atoms with E-state index in [9.17, 15) is 8.42 Å². The average Bonchev–Trinajstić information content (AvgIpc) is 2.11. The van der Waals surface area contributed by atoms with E-state index in [1.807, 2.05) is 0 Å². The van der Waals surface area contributed by atoms with Crippen molar-refractivity contribution in [1.29, 1.82) is 0 Å². The average molecular weight is 162 g/mol. The number of sulfone groups is 1. The van der Waals surface area contributed by atoms with Crippen LogP contribution in [-0.4, -0.2) is 19.7 Å². The third-order valence-electron chi connectivity index (χ3n) is 0.820. The van der Waals surface area contributed by atoms with Gasteiger partial charge in [-0.2, -0.15) is 0 Å². The molecule has 0 saturated heterocycles. The number of nitrogen functional groups attached to an aromatic ring is 1. The Bertz CT molecular complexity index is 326. The van der Waals surface area contributed by atoms with Gasteiger partial charge in [0.25, 0.3) is 0 Å². The van der Waals surface area contributed by atoms with Crippen LogP contribution in [0.4, 0.5) is 5.88 Å². The molecule has 0 aromatic carbocycles. The fraction of sp³-hybridized carbons (Fsp3) is 0.250. The van der Waals surface area contributed by atoms with Crippen LogP contribution >= 0.6 is 0 Å². The highest BCUT2D eigenvalue weighted by Gasteiger charge is 2.12. The van der Waals surface area contributed by atoms with E-state index in [2.05, 4.69) is 9.40 Å². The Morgan fingerprint density at radius 1 is 1.70 bits per heavy atom. The number of oxazole rings is 1. The van der Waals surface area contributed by atoms with Crippen molar-refractivity contribution < 1.29 is 12.8 Å². The second kappa shape index (κ2) is 1.98. The van der Waals surface area contributed by atoms with Gasteiger partial charge < -0.3 is 10.2 Å². The molecule has 0 bridgehead atoms. The van der Waals surface area contributed by atoms with Crippen LogP contribution in [0.1, 0.15) is 0 Å². The van der Waals surface area contributed by atoms with Crippen molar-refractivity contribution in [3.8, 4) is 0 Å². The van der Waals surface area contributed by atoms with Crippen LogP contribution in [0.25, 0.3) is 0 Å². The highest BCUT2D eigenvalue weighted by molar-refractivity contribution is 7.90. The first kappa shape index (κ1) is 7.07. The Morgan fingerprint density at radius 2 is 2.30 bits per heavy atom. The van der Waals surface area contributed by atoms with Gasteiger partial charge in [-0.3, -0.25) is 0 Å². The summed E-state index contributed by atoms with van der Waals surface area (Å²) >= 11 is 0. The van der Waals surface area contributed by atoms with E-state index < -0.39 is 9.84 Å². The molecule has 1 heterocycles. The lowest BCUT2D eigenvalue weighted by atomic mass is 10.9. The molecular weight excluding hydrogens is 156 g/mol. The minimum Gasteiger partial charge on any atom is -0.412 e. The summed E-state index contributed by atoms with van der Waals surface area (Å²) in [5, 5.41) is -0.343. The predicted octanol–water partition coefficient (Wildman–Crippen LogP) is -0.340. The van der Waals surface area contributed by atoms with Crippen LogP contribution in [-0.2, 0) is 9.84 Å². The number of hydrogen-bond donors (Lipinski definition) is 1. The lowest BCUT2D eigenvalue weighted by Crippen LogP contribution is -1.96. The Balaban J connectivity index is 3.21. The van der Waals surface area contributed by atoms with Gasteiger partial charge in [-0.25, -0.2) is 13.4 Å². The first-order chi connectivity index (χ1) is 4.50. The van der Waals surface area contributed by atoms with E-state index in [-0.39, 0.29) is 11.1 Å². The third-order valence-corrected chi connectivity index (χ3v) is 1.64. The number of aromatic nitrogens is 1. The standard InChI is InChI=1S/C4H6N2O3S/c1-10(7,8)4-6-2-3(5)9-4/h2H,5H2,1H3. The summed E-state index contributed by atoms with van der Waals surface area (Å²) in [6.45, 7) is 0. The van der Waals surface area contributed by atoms with Crippen LogP contribution < -0.4 is 5.73 Å². The maximum Gasteiger partial charge on any atom is 0.316 e. The molecule has 0 amide bonds. The Hall–Kier alpha value is -1.04. The molecule has 0 spiro atoms. The zero-order valence-electron chi connectivity index (χ0n) is 5.23. The van der Waals surface area contributed by atoms with E-state index in [4.69, 9.17) is 5.73 Å². The molecule has 5 nitrogen and oxygen atoms in total. The van der Waals surface area contributed by atoms with Crippen LogP contribution in [0.5, 0.6) is 0 Å². The molecule has 0 aliphatic carbocycles. The molecular formula is C4H6N2O3S. The zero-order chi connectivity index (χ0) is 7.78. The highest BCUT2D eigenvalue weighted by atomic mass is 32.2. The molecule has 0 unspecified atom stereocenters. The SMILES string of the molecule is CS(=O)(=O)c1ncc(N)o1. The summed E-state index contributed by atoms with van der Waals surface area (Å²) in [7, 11) is -3.34. The molecule has 1 rings (SSSR count). The molecule has 10 heavy (non-hydrogen) atoms. The number of anilines is 1. The van der Waals surface area contributed by atoms with Crippen LogP contribution in [0.15, 0.2) is 15.8 Å². The highest BCUT2D eigenvalue weighted by Crippen LogP contribution is 2.09. The Labute approximate surface area is 57.8 Å². The smallest absolute Gasteiger partial charge is 0.316 e. The first-order valence-corrected chi connectivity index (χ1v) is 4.30. The summed E-state index contributed by atoms with van der Waals surface area (Å²) < 4.78 is 25.8. The molecule has 0 aliphatic rings. The summed E-state index contributed by atoms with van der Waals surface area (Å²) in [5.41, 5.74) is 5.08. The predicted molar refractivity (Wildman–Crippen MR) is 34.0 cm³/mol.